The van der Waals surface area contributed by atoms with Gasteiger partial charge in [0.05, 0.1) is 0 Å². The Morgan fingerprint density at radius 1 is 1.44 bits per heavy atom. The summed E-state index contributed by atoms with van der Waals surface area (Å²) in [5, 5.41) is 0.549. The van der Waals surface area contributed by atoms with Gasteiger partial charge in [-0.15, -0.1) is 0 Å². The van der Waals surface area contributed by atoms with Crippen LogP contribution in [-0.4, -0.2) is 35.6 Å². The van der Waals surface area contributed by atoms with Crippen molar-refractivity contribution in [1.29, 1.82) is 0 Å². The number of aliphatic imine (C=N–C) groups is 1. The van der Waals surface area contributed by atoms with Gasteiger partial charge in [-0.05, 0) is 39.4 Å². The number of nitrogens with zero attached hydrogens (tertiary/aromatic N) is 1. The van der Waals surface area contributed by atoms with Gasteiger partial charge < -0.3 is 16.2 Å². The van der Waals surface area contributed by atoms with Crippen molar-refractivity contribution in [3.05, 3.63) is 0 Å². The Morgan fingerprint density at radius 2 is 2.00 bits per heavy atom. The van der Waals surface area contributed by atoms with Gasteiger partial charge in [-0.3, -0.25) is 9.79 Å². The van der Waals surface area contributed by atoms with Gasteiger partial charge in [0.25, 0.3) is 0 Å². The summed E-state index contributed by atoms with van der Waals surface area (Å²) in [6, 6.07) is -0.616. The van der Waals surface area contributed by atoms with Crippen LogP contribution in [0.15, 0.2) is 4.99 Å². The predicted octanol–water partition coefficient (Wildman–Crippen LogP) is 1.36. The van der Waals surface area contributed by atoms with Crippen LogP contribution in [0.5, 0.6) is 0 Å². The molecule has 0 fully saturated rings. The molecular formula is C12H25N3O2S. The number of amidine groups is 1. The monoisotopic (exact) mass is 275 g/mol. The molecule has 0 radical (unpaired) electrons. The van der Waals surface area contributed by atoms with Crippen LogP contribution in [0.3, 0.4) is 0 Å². The SMILES string of the molecule is CSC(N)=NCC[C@H](C)[C@H](N)C(=O)OC(C)(C)C. The zero-order chi connectivity index (χ0) is 14.3. The van der Waals surface area contributed by atoms with E-state index in [1.54, 1.807) is 0 Å². The fraction of sp³-hybridized carbons (Fsp3) is 0.833. The number of thioether (sulfide) groups is 1. The highest BCUT2D eigenvalue weighted by molar-refractivity contribution is 8.13. The lowest BCUT2D eigenvalue weighted by atomic mass is 9.99. The molecule has 0 unspecified atom stereocenters. The topological polar surface area (TPSA) is 90.7 Å². The molecule has 0 aliphatic heterocycles. The molecule has 18 heavy (non-hydrogen) atoms. The molecule has 4 N–H and O–H groups in total. The maximum absolute atomic E-state index is 11.7. The van der Waals surface area contributed by atoms with Crippen molar-refractivity contribution in [1.82, 2.24) is 0 Å². The van der Waals surface area contributed by atoms with E-state index in [0.717, 1.165) is 0 Å². The van der Waals surface area contributed by atoms with Gasteiger partial charge in [-0.1, -0.05) is 18.7 Å². The van der Waals surface area contributed by atoms with Crippen LogP contribution in [0.2, 0.25) is 0 Å². The Balaban J connectivity index is 4.18. The van der Waals surface area contributed by atoms with Crippen molar-refractivity contribution >= 4 is 22.9 Å². The van der Waals surface area contributed by atoms with Gasteiger partial charge >= 0.3 is 5.97 Å². The van der Waals surface area contributed by atoms with Crippen LogP contribution in [0.1, 0.15) is 34.1 Å². The summed E-state index contributed by atoms with van der Waals surface area (Å²) in [5.74, 6) is -0.352. The summed E-state index contributed by atoms with van der Waals surface area (Å²) in [4.78, 5) is 15.9. The van der Waals surface area contributed by atoms with Crippen molar-refractivity contribution in [2.45, 2.75) is 45.8 Å². The standard InChI is InChI=1S/C12H25N3O2S/c1-8(6-7-15-11(14)18-5)9(13)10(16)17-12(2,3)4/h8-9H,6-7,13H2,1-5H3,(H2,14,15)/t8-,9-/m0/s1. The number of ether oxygens (including phenoxy) is 1. The maximum Gasteiger partial charge on any atom is 0.323 e. The highest BCUT2D eigenvalue weighted by atomic mass is 32.2. The molecule has 0 saturated carbocycles. The first kappa shape index (κ1) is 17.2. The fourth-order valence-corrected chi connectivity index (χ4v) is 1.44. The summed E-state index contributed by atoms with van der Waals surface area (Å²) in [7, 11) is 0. The third kappa shape index (κ3) is 7.55. The van der Waals surface area contributed by atoms with Crippen LogP contribution in [0.4, 0.5) is 0 Å². The minimum absolute atomic E-state index is 0.0123. The second-order valence-corrected chi connectivity index (χ2v) is 6.08. The second kappa shape index (κ2) is 7.63. The minimum Gasteiger partial charge on any atom is -0.459 e. The smallest absolute Gasteiger partial charge is 0.323 e. The molecule has 106 valence electrons. The highest BCUT2D eigenvalue weighted by Crippen LogP contribution is 2.13. The van der Waals surface area contributed by atoms with Gasteiger partial charge in [-0.2, -0.15) is 0 Å². The third-order valence-electron chi connectivity index (χ3n) is 2.35. The van der Waals surface area contributed by atoms with Crippen molar-refractivity contribution in [2.75, 3.05) is 12.8 Å². The number of rotatable bonds is 5. The molecule has 0 spiro atoms. The van der Waals surface area contributed by atoms with Crippen LogP contribution in [0.25, 0.3) is 0 Å². The van der Waals surface area contributed by atoms with E-state index in [2.05, 4.69) is 4.99 Å². The van der Waals surface area contributed by atoms with Gasteiger partial charge in [0.15, 0.2) is 5.17 Å². The van der Waals surface area contributed by atoms with E-state index in [1.807, 2.05) is 34.0 Å². The summed E-state index contributed by atoms with van der Waals surface area (Å²) in [6.07, 6.45) is 2.58. The summed E-state index contributed by atoms with van der Waals surface area (Å²) in [6.45, 7) is 7.97. The minimum atomic E-state index is -0.616. The Labute approximate surface area is 114 Å². The molecule has 0 heterocycles. The predicted molar refractivity (Wildman–Crippen MR) is 77.6 cm³/mol. The highest BCUT2D eigenvalue weighted by Gasteiger charge is 2.26. The first-order valence-electron chi connectivity index (χ1n) is 5.99. The van der Waals surface area contributed by atoms with Gasteiger partial charge in [0.2, 0.25) is 0 Å². The number of carbonyl (C=O) groups excluding carboxylic acids is 1. The van der Waals surface area contributed by atoms with E-state index in [9.17, 15) is 4.79 Å². The average Bonchev–Trinajstić information content (AvgIpc) is 2.25. The Kier molecular flexibility index (Phi) is 7.32. The Bertz CT molecular complexity index is 300. The van der Waals surface area contributed by atoms with E-state index in [4.69, 9.17) is 16.2 Å². The van der Waals surface area contributed by atoms with E-state index in [-0.39, 0.29) is 11.9 Å². The molecule has 5 nitrogen and oxygen atoms in total. The van der Waals surface area contributed by atoms with E-state index in [1.165, 1.54) is 11.8 Å². The van der Waals surface area contributed by atoms with Gasteiger partial charge in [0, 0.05) is 6.54 Å². The summed E-state index contributed by atoms with van der Waals surface area (Å²) in [5.41, 5.74) is 10.9. The lowest BCUT2D eigenvalue weighted by Crippen LogP contribution is -2.41. The maximum atomic E-state index is 11.7. The molecule has 2 atom stereocenters. The molecule has 0 aliphatic rings. The van der Waals surface area contributed by atoms with Crippen LogP contribution in [-0.2, 0) is 9.53 Å². The number of esters is 1. The largest absolute Gasteiger partial charge is 0.459 e. The normalized spacial score (nSPS) is 16.2. The molecule has 0 aromatic carbocycles. The molecule has 0 rings (SSSR count). The lowest BCUT2D eigenvalue weighted by molar-refractivity contribution is -0.157. The molecule has 6 heteroatoms. The average molecular weight is 275 g/mol. The zero-order valence-electron chi connectivity index (χ0n) is 11.9. The van der Waals surface area contributed by atoms with Gasteiger partial charge in [-0.25, -0.2) is 0 Å². The van der Waals surface area contributed by atoms with E-state index < -0.39 is 11.6 Å². The van der Waals surface area contributed by atoms with Crippen molar-refractivity contribution in [3.63, 3.8) is 0 Å². The van der Waals surface area contributed by atoms with Crippen LogP contribution >= 0.6 is 11.8 Å². The first-order valence-corrected chi connectivity index (χ1v) is 7.22. The molecule has 0 aromatic heterocycles. The summed E-state index contributed by atoms with van der Waals surface area (Å²) >= 11 is 1.40. The van der Waals surface area contributed by atoms with Crippen LogP contribution < -0.4 is 11.5 Å². The second-order valence-electron chi connectivity index (χ2n) is 5.25. The third-order valence-corrected chi connectivity index (χ3v) is 2.90. The van der Waals surface area contributed by atoms with Crippen LogP contribution in [0, 0.1) is 5.92 Å². The quantitative estimate of drug-likeness (QED) is 0.449. The Hall–Kier alpha value is -0.750. The number of carbonyl (C=O) groups is 1. The number of nitrogens with two attached hydrogens (primary N) is 2. The fourth-order valence-electron chi connectivity index (χ4n) is 1.22. The van der Waals surface area contributed by atoms with E-state index in [0.29, 0.717) is 18.1 Å². The van der Waals surface area contributed by atoms with Crippen molar-refractivity contribution in [3.8, 4) is 0 Å². The summed E-state index contributed by atoms with van der Waals surface area (Å²) < 4.78 is 5.24. The molecular weight excluding hydrogens is 250 g/mol. The van der Waals surface area contributed by atoms with Crippen molar-refractivity contribution in [2.24, 2.45) is 22.4 Å². The number of hydrogen-bond acceptors (Lipinski definition) is 5. The molecule has 0 saturated heterocycles. The van der Waals surface area contributed by atoms with E-state index >= 15 is 0 Å². The lowest BCUT2D eigenvalue weighted by Gasteiger charge is -2.24. The molecule has 0 aliphatic carbocycles. The number of hydrogen-bond donors (Lipinski definition) is 2. The Morgan fingerprint density at radius 3 is 2.44 bits per heavy atom. The molecule has 0 amide bonds. The molecule has 0 bridgehead atoms. The zero-order valence-corrected chi connectivity index (χ0v) is 12.7. The first-order chi connectivity index (χ1) is 8.17. The van der Waals surface area contributed by atoms with Crippen molar-refractivity contribution < 1.29 is 9.53 Å². The molecule has 0 aromatic rings. The van der Waals surface area contributed by atoms with Gasteiger partial charge in [0.1, 0.15) is 11.6 Å².